The minimum Gasteiger partial charge on any atom is -0.465 e. The number of aryl methyl sites for hydroxylation is 1. The average Bonchev–Trinajstić information content (AvgIpc) is 4.07. The maximum absolute atomic E-state index is 14.7. The summed E-state index contributed by atoms with van der Waals surface area (Å²) in [6, 6.07) is 18.3. The molecule has 0 bridgehead atoms. The molecule has 3 aliphatic rings. The Morgan fingerprint density at radius 2 is 1.55 bits per heavy atom. The number of nitrogens with one attached hydrogen (secondary N) is 4. The molecule has 4 atom stereocenters. The number of halogens is 2. The van der Waals surface area contributed by atoms with Crippen LogP contribution in [0.25, 0.3) is 44.5 Å². The molecular weight excluding hydrogens is 801 g/mol. The number of methoxy groups -OCH3 is 1. The topological polar surface area (TPSA) is 199 Å². The van der Waals surface area contributed by atoms with Crippen LogP contribution >= 0.6 is 0 Å². The van der Waals surface area contributed by atoms with Crippen molar-refractivity contribution in [2.24, 2.45) is 5.92 Å². The fraction of sp³-hybridized carbons (Fsp3) is 0.311. The number of para-hydroxylation sites is 1. The number of alkyl carbamates (subject to hydrolysis) is 1. The van der Waals surface area contributed by atoms with Gasteiger partial charge in [-0.3, -0.25) is 19.5 Å². The van der Waals surface area contributed by atoms with Crippen molar-refractivity contribution in [2.45, 2.75) is 69.6 Å². The number of anilines is 1. The number of H-pyrrole nitrogens is 2. The van der Waals surface area contributed by atoms with Crippen molar-refractivity contribution in [1.82, 2.24) is 40.5 Å². The van der Waals surface area contributed by atoms with E-state index in [-0.39, 0.29) is 11.7 Å². The number of nitrogens with zero attached hydrogens (tertiary/aromatic N) is 5. The third-order valence-electron chi connectivity index (χ3n) is 12.0. The van der Waals surface area contributed by atoms with Gasteiger partial charge in [-0.25, -0.2) is 28.3 Å². The summed E-state index contributed by atoms with van der Waals surface area (Å²) in [6.45, 7) is 2.46. The lowest BCUT2D eigenvalue weighted by Crippen LogP contribution is -2.51. The van der Waals surface area contributed by atoms with Gasteiger partial charge in [0.15, 0.2) is 0 Å². The molecule has 318 valence electrons. The highest BCUT2D eigenvalue weighted by atomic mass is 19.3. The van der Waals surface area contributed by atoms with Crippen molar-refractivity contribution in [3.63, 3.8) is 0 Å². The van der Waals surface area contributed by atoms with Crippen LogP contribution in [0.15, 0.2) is 85.3 Å². The lowest BCUT2D eigenvalue weighted by atomic mass is 10.0. The lowest BCUT2D eigenvalue weighted by molar-refractivity contribution is -0.136. The zero-order chi connectivity index (χ0) is 43.4. The number of amides is 4. The van der Waals surface area contributed by atoms with Crippen molar-refractivity contribution in [3.8, 4) is 33.6 Å². The number of fused-ring (bicyclic) bond motifs is 1. The molecule has 5 N–H and O–H groups in total. The molecule has 3 aliphatic heterocycles. The number of alkyl halides is 2. The maximum Gasteiger partial charge on any atom is 0.407 e. The van der Waals surface area contributed by atoms with Crippen LogP contribution in [0.5, 0.6) is 0 Å². The highest BCUT2D eigenvalue weighted by Crippen LogP contribution is 2.45. The zero-order valence-corrected chi connectivity index (χ0v) is 34.0. The minimum atomic E-state index is -3.17. The van der Waals surface area contributed by atoms with Gasteiger partial charge in [-0.1, -0.05) is 68.4 Å². The molecule has 0 spiro atoms. The molecule has 0 saturated carbocycles. The van der Waals surface area contributed by atoms with Crippen LogP contribution in [0.1, 0.15) is 61.5 Å². The molecular formula is C45H43F2N9O6. The quantitative estimate of drug-likeness (QED) is 0.100. The number of benzene rings is 3. The van der Waals surface area contributed by atoms with Gasteiger partial charge in [0.2, 0.25) is 11.8 Å². The van der Waals surface area contributed by atoms with E-state index < -0.39 is 67.1 Å². The Labute approximate surface area is 353 Å². The number of carbonyl (C=O) groups is 4. The van der Waals surface area contributed by atoms with Gasteiger partial charge in [0, 0.05) is 30.0 Å². The summed E-state index contributed by atoms with van der Waals surface area (Å²) in [4.78, 5) is 74.0. The molecule has 6 heterocycles. The van der Waals surface area contributed by atoms with E-state index in [1.165, 1.54) is 13.3 Å². The predicted octanol–water partition coefficient (Wildman–Crippen LogP) is 7.18. The first kappa shape index (κ1) is 40.2. The molecule has 0 unspecified atom stereocenters. The molecule has 3 aromatic heterocycles. The van der Waals surface area contributed by atoms with Gasteiger partial charge < -0.3 is 35.3 Å². The Morgan fingerprint density at radius 1 is 0.871 bits per heavy atom. The SMILES string of the molecule is COC(=O)N[C@H]1CCc2cccc3c2N(C1=O)[C@H](c1ncc(-c2cnc4cc(-c5ccc(-c6cnc([C@@H]7CC(F)(F)CN7C(=O)[C@@H](NC(=O)O)C(C)C)[nH]6)cc5)ccc4c2)[nH]1)C3. The number of pyridine rings is 1. The van der Waals surface area contributed by atoms with E-state index in [9.17, 15) is 33.1 Å². The number of rotatable bonds is 9. The van der Waals surface area contributed by atoms with Crippen molar-refractivity contribution < 1.29 is 37.8 Å². The zero-order valence-electron chi connectivity index (χ0n) is 34.0. The Kier molecular flexibility index (Phi) is 10.2. The highest BCUT2D eigenvalue weighted by molar-refractivity contribution is 6.02. The van der Waals surface area contributed by atoms with Gasteiger partial charge in [0.05, 0.1) is 60.7 Å². The molecule has 3 aromatic carbocycles. The second kappa shape index (κ2) is 15.7. The van der Waals surface area contributed by atoms with E-state index in [0.717, 1.165) is 60.6 Å². The standard InChI is InChI=1S/C45H43F2N9O6/c1-23(2)37(54-43(59)60)42(58)55-22-45(46,47)18-36(55)40-50-20-33(51-40)25-9-7-24(8-10-25)27-11-12-28-15-30(19-48-32(28)16-27)34-21-49-39(52-34)35-17-29-6-4-5-26-13-14-31(53-44(61)62-3)41(57)56(35)38(26)29/h4-12,15-16,19-21,23,31,35-37,54H,13-14,17-18,22H2,1-3H3,(H,49,52)(H,50,51)(H,53,61)(H,59,60)/t31-,35-,36-,37-/m0/s1. The largest absolute Gasteiger partial charge is 0.465 e. The summed E-state index contributed by atoms with van der Waals surface area (Å²) in [5, 5.41) is 15.1. The van der Waals surface area contributed by atoms with Crippen LogP contribution in [0.4, 0.5) is 24.1 Å². The van der Waals surface area contributed by atoms with Crippen LogP contribution in [0.2, 0.25) is 0 Å². The predicted molar refractivity (Wildman–Crippen MR) is 224 cm³/mol. The molecule has 1 fully saturated rings. The second-order valence-electron chi connectivity index (χ2n) is 16.4. The fourth-order valence-electron chi connectivity index (χ4n) is 8.90. The summed E-state index contributed by atoms with van der Waals surface area (Å²) in [6.07, 6.45) is 4.02. The second-order valence-corrected chi connectivity index (χ2v) is 16.4. The maximum atomic E-state index is 14.7. The van der Waals surface area contributed by atoms with Crippen LogP contribution in [0.3, 0.4) is 0 Å². The molecule has 1 saturated heterocycles. The number of hydrogen-bond acceptors (Lipinski definition) is 8. The van der Waals surface area contributed by atoms with Crippen LogP contribution in [-0.4, -0.2) is 90.6 Å². The first-order valence-electron chi connectivity index (χ1n) is 20.3. The smallest absolute Gasteiger partial charge is 0.407 e. The molecule has 62 heavy (non-hydrogen) atoms. The van der Waals surface area contributed by atoms with E-state index in [4.69, 9.17) is 14.7 Å². The number of carboxylic acid groups (broad SMARTS) is 1. The summed E-state index contributed by atoms with van der Waals surface area (Å²) in [7, 11) is 1.28. The van der Waals surface area contributed by atoms with Crippen LogP contribution < -0.4 is 15.5 Å². The van der Waals surface area contributed by atoms with E-state index in [1.807, 2.05) is 66.7 Å². The van der Waals surface area contributed by atoms with Crippen molar-refractivity contribution in [2.75, 3.05) is 18.6 Å². The number of imidazole rings is 2. The number of hydrogen-bond donors (Lipinski definition) is 5. The first-order chi connectivity index (χ1) is 29.8. The van der Waals surface area contributed by atoms with Crippen LogP contribution in [0, 0.1) is 5.92 Å². The van der Waals surface area contributed by atoms with E-state index >= 15 is 0 Å². The Hall–Kier alpha value is -7.17. The average molecular weight is 844 g/mol. The Balaban J connectivity index is 0.910. The number of aromatic amines is 2. The molecule has 0 radical (unpaired) electrons. The van der Waals surface area contributed by atoms with Gasteiger partial charge in [-0.2, -0.15) is 0 Å². The third kappa shape index (κ3) is 7.47. The van der Waals surface area contributed by atoms with Gasteiger partial charge in [0.25, 0.3) is 5.92 Å². The number of carbonyl (C=O) groups excluding carboxylic acids is 3. The van der Waals surface area contributed by atoms with E-state index in [1.54, 1.807) is 31.1 Å². The van der Waals surface area contributed by atoms with Crippen molar-refractivity contribution in [1.29, 1.82) is 0 Å². The van der Waals surface area contributed by atoms with E-state index in [0.29, 0.717) is 30.8 Å². The molecule has 6 aromatic rings. The number of aromatic nitrogens is 5. The third-order valence-corrected chi connectivity index (χ3v) is 12.0. The molecule has 9 rings (SSSR count). The monoisotopic (exact) mass is 843 g/mol. The van der Waals surface area contributed by atoms with Gasteiger partial charge in [0.1, 0.15) is 23.7 Å². The van der Waals surface area contributed by atoms with E-state index in [2.05, 4.69) is 25.6 Å². The van der Waals surface area contributed by atoms with Crippen molar-refractivity contribution >= 4 is 40.6 Å². The minimum absolute atomic E-state index is 0.192. The summed E-state index contributed by atoms with van der Waals surface area (Å²) in [5.41, 5.74) is 8.51. The van der Waals surface area contributed by atoms with Crippen molar-refractivity contribution in [3.05, 3.63) is 108 Å². The fourth-order valence-corrected chi connectivity index (χ4v) is 8.90. The van der Waals surface area contributed by atoms with Gasteiger partial charge in [-0.15, -0.1) is 0 Å². The van der Waals surface area contributed by atoms with Gasteiger partial charge >= 0.3 is 12.2 Å². The summed E-state index contributed by atoms with van der Waals surface area (Å²) >= 11 is 0. The molecule has 17 heteroatoms. The van der Waals surface area contributed by atoms with Gasteiger partial charge in [-0.05, 0) is 58.7 Å². The molecule has 15 nitrogen and oxygen atoms in total. The number of likely N-dealkylation sites (tertiary alicyclic amines) is 1. The molecule has 0 aliphatic carbocycles. The highest BCUT2D eigenvalue weighted by Gasteiger charge is 2.50. The summed E-state index contributed by atoms with van der Waals surface area (Å²) in [5.74, 6) is -3.74. The summed E-state index contributed by atoms with van der Waals surface area (Å²) < 4.78 is 34.3. The lowest BCUT2D eigenvalue weighted by Gasteiger charge is -2.29. The normalized spacial score (nSPS) is 19.6. The Morgan fingerprint density at radius 3 is 2.26 bits per heavy atom. The molecule has 4 amide bonds. The number of ether oxygens (including phenoxy) is 1. The van der Waals surface area contributed by atoms with Crippen LogP contribution in [-0.2, 0) is 27.2 Å². The first-order valence-corrected chi connectivity index (χ1v) is 20.3. The Bertz CT molecular complexity index is 2730.